The molecule has 14 nitrogen and oxygen atoms in total. The number of alkyl carbamates (subject to hydrolysis) is 1. The Balaban J connectivity index is 0.803. The lowest BCUT2D eigenvalue weighted by molar-refractivity contribution is 0.0433. The number of carboxylic acid groups (broad SMARTS) is 1. The third-order valence-corrected chi connectivity index (χ3v) is 13.5. The molecule has 2 atom stereocenters. The largest absolute Gasteiger partial charge is 0.477 e. The second-order valence-corrected chi connectivity index (χ2v) is 19.1. The first kappa shape index (κ1) is 44.9. The van der Waals surface area contributed by atoms with Gasteiger partial charge in [-0.05, 0) is 114 Å². The van der Waals surface area contributed by atoms with E-state index in [-0.39, 0.29) is 34.9 Å². The second kappa shape index (κ2) is 18.8. The zero-order chi connectivity index (χ0) is 45.2. The van der Waals surface area contributed by atoms with Crippen molar-refractivity contribution in [2.45, 2.75) is 93.5 Å². The molecule has 64 heavy (non-hydrogen) atoms. The van der Waals surface area contributed by atoms with Gasteiger partial charge in [-0.15, -0.1) is 0 Å². The third kappa shape index (κ3) is 10.3. The van der Waals surface area contributed by atoms with Crippen LogP contribution >= 0.6 is 11.8 Å². The molecule has 0 saturated carbocycles. The Morgan fingerprint density at radius 2 is 1.73 bits per heavy atom. The first-order valence-corrected chi connectivity index (χ1v) is 22.6. The standard InChI is InChI=1S/C47H54F2N8O6S/c1-29-41(54-45(61)63-46(2,3)4)47(28-62-29)16-22-57(23-17-47)39-26-51-40(27-50-39)64-34-7-5-6-32(25-34)52-43(58)31-8-11-38(36(48)24-31)56-20-14-33(15-21-56)55-18-12-30(13-19-55)35-9-10-37(44(59)60)53-42(35)49/h5-12,24-27,29,33,41H,13-23,28H2,1-4H3,(H,52,58)(H,54,61)(H,59,60)/t29-,41+/m0/s1. The van der Waals surface area contributed by atoms with Crippen molar-refractivity contribution in [1.82, 2.24) is 25.2 Å². The summed E-state index contributed by atoms with van der Waals surface area (Å²) in [6, 6.07) is 14.9. The summed E-state index contributed by atoms with van der Waals surface area (Å²) in [5.41, 5.74) is 1.30. The van der Waals surface area contributed by atoms with Crippen LogP contribution in [-0.4, -0.2) is 113 Å². The molecule has 0 bridgehead atoms. The van der Waals surface area contributed by atoms with Crippen LogP contribution in [0.1, 0.15) is 86.2 Å². The minimum atomic E-state index is -1.27. The predicted octanol–water partition coefficient (Wildman–Crippen LogP) is 7.91. The molecule has 1 spiro atoms. The van der Waals surface area contributed by atoms with Gasteiger partial charge in [0.15, 0.2) is 5.69 Å². The number of nitrogens with zero attached hydrogens (tertiary/aromatic N) is 6. The number of hydrogen-bond donors (Lipinski definition) is 3. The van der Waals surface area contributed by atoms with E-state index in [1.165, 1.54) is 30.0 Å². The van der Waals surface area contributed by atoms with Gasteiger partial charge in [-0.25, -0.2) is 28.9 Å². The predicted molar refractivity (Wildman–Crippen MR) is 240 cm³/mol. The van der Waals surface area contributed by atoms with Crippen molar-refractivity contribution in [1.29, 1.82) is 0 Å². The number of piperidine rings is 2. The molecule has 0 radical (unpaired) electrons. The van der Waals surface area contributed by atoms with Crippen molar-refractivity contribution in [3.05, 3.63) is 102 Å². The smallest absolute Gasteiger partial charge is 0.407 e. The number of carbonyl (C=O) groups is 3. The Kier molecular flexibility index (Phi) is 13.2. The average molecular weight is 897 g/mol. The lowest BCUT2D eigenvalue weighted by Gasteiger charge is -2.42. The van der Waals surface area contributed by atoms with E-state index in [1.54, 1.807) is 30.6 Å². The molecule has 2 aromatic carbocycles. The van der Waals surface area contributed by atoms with Crippen molar-refractivity contribution < 1.29 is 37.7 Å². The Labute approximate surface area is 375 Å². The maximum absolute atomic E-state index is 15.6. The van der Waals surface area contributed by atoms with Gasteiger partial charge >= 0.3 is 12.1 Å². The molecule has 338 valence electrons. The quantitative estimate of drug-likeness (QED) is 0.132. The van der Waals surface area contributed by atoms with Gasteiger partial charge in [-0.3, -0.25) is 9.69 Å². The molecule has 0 unspecified atom stereocenters. The van der Waals surface area contributed by atoms with Gasteiger partial charge in [-0.2, -0.15) is 4.39 Å². The number of ether oxygens (including phenoxy) is 2. The molecule has 4 aliphatic rings. The van der Waals surface area contributed by atoms with Crippen LogP contribution in [0.2, 0.25) is 0 Å². The van der Waals surface area contributed by atoms with Crippen molar-refractivity contribution in [3.63, 3.8) is 0 Å². The summed E-state index contributed by atoms with van der Waals surface area (Å²) in [4.78, 5) is 57.5. The summed E-state index contributed by atoms with van der Waals surface area (Å²) in [5, 5.41) is 15.8. The van der Waals surface area contributed by atoms with E-state index in [9.17, 15) is 18.8 Å². The molecule has 8 rings (SSSR count). The average Bonchev–Trinajstić information content (AvgIpc) is 3.56. The number of aromatic nitrogens is 3. The highest BCUT2D eigenvalue weighted by molar-refractivity contribution is 7.99. The fourth-order valence-electron chi connectivity index (χ4n) is 9.24. The van der Waals surface area contributed by atoms with Crippen molar-refractivity contribution >= 4 is 52.5 Å². The number of carbonyl (C=O) groups excluding carboxylic acids is 2. The van der Waals surface area contributed by atoms with Crippen molar-refractivity contribution in [2.75, 3.05) is 61.0 Å². The highest BCUT2D eigenvalue weighted by atomic mass is 32.2. The Morgan fingerprint density at radius 1 is 0.953 bits per heavy atom. The number of hydrogen-bond acceptors (Lipinski definition) is 12. The first-order chi connectivity index (χ1) is 30.6. The van der Waals surface area contributed by atoms with Gasteiger partial charge in [0.05, 0.1) is 36.8 Å². The van der Waals surface area contributed by atoms with Gasteiger partial charge in [-0.1, -0.05) is 23.9 Å². The van der Waals surface area contributed by atoms with Gasteiger partial charge in [0.2, 0.25) is 5.95 Å². The van der Waals surface area contributed by atoms with Crippen molar-refractivity contribution in [2.24, 2.45) is 5.41 Å². The fourth-order valence-corrected chi connectivity index (χ4v) is 10.0. The summed E-state index contributed by atoms with van der Waals surface area (Å²) in [6.45, 7) is 12.3. The molecule has 6 heterocycles. The third-order valence-electron chi connectivity index (χ3n) is 12.6. The molecule has 4 aromatic rings. The van der Waals surface area contributed by atoms with E-state index in [4.69, 9.17) is 19.6 Å². The molecule has 3 saturated heterocycles. The minimum absolute atomic E-state index is 0.115. The van der Waals surface area contributed by atoms with Gasteiger partial charge in [0.1, 0.15) is 22.3 Å². The number of halogens is 2. The molecule has 2 amide bonds. The number of aromatic carboxylic acids is 1. The number of pyridine rings is 1. The van der Waals surface area contributed by atoms with Crippen LogP contribution in [0.15, 0.2) is 83.0 Å². The highest BCUT2D eigenvalue weighted by Gasteiger charge is 2.50. The summed E-state index contributed by atoms with van der Waals surface area (Å²) < 4.78 is 41.7. The Hall–Kier alpha value is -5.65. The SMILES string of the molecule is C[C@@H]1OCC2(CCN(c3cnc(Sc4cccc(NC(=O)c5ccc(N6CCC(N7CC=C(c8ccc(C(=O)O)nc8F)CC7)CC6)c(F)c5)c4)cn3)CC2)[C@@H]1NC(=O)OC(C)(C)C. The van der Waals surface area contributed by atoms with E-state index in [1.807, 2.05) is 56.9 Å². The van der Waals surface area contributed by atoms with Crippen molar-refractivity contribution in [3.8, 4) is 0 Å². The lowest BCUT2D eigenvalue weighted by atomic mass is 9.73. The van der Waals surface area contributed by atoms with Crippen LogP contribution in [0, 0.1) is 17.2 Å². The highest BCUT2D eigenvalue weighted by Crippen LogP contribution is 2.43. The van der Waals surface area contributed by atoms with Crippen LogP contribution in [0.4, 0.5) is 30.8 Å². The topological polar surface area (TPSA) is 162 Å². The van der Waals surface area contributed by atoms with E-state index in [2.05, 4.69) is 30.4 Å². The molecule has 0 aliphatic carbocycles. The second-order valence-electron chi connectivity index (χ2n) is 18.0. The van der Waals surface area contributed by atoms with Crippen LogP contribution in [0.5, 0.6) is 0 Å². The number of rotatable bonds is 10. The maximum atomic E-state index is 15.6. The molecule has 17 heteroatoms. The summed E-state index contributed by atoms with van der Waals surface area (Å²) in [5.74, 6) is -2.15. The number of carboxylic acids is 1. The molecule has 3 N–H and O–H groups in total. The zero-order valence-corrected chi connectivity index (χ0v) is 37.3. The number of amides is 2. The molecular weight excluding hydrogens is 843 g/mol. The maximum Gasteiger partial charge on any atom is 0.407 e. The summed E-state index contributed by atoms with van der Waals surface area (Å²) in [6.07, 6.45) is 8.87. The normalized spacial score (nSPS) is 20.5. The number of nitrogens with one attached hydrogen (secondary N) is 2. The Morgan fingerprint density at radius 3 is 2.39 bits per heavy atom. The van der Waals surface area contributed by atoms with Gasteiger partial charge < -0.3 is 35.0 Å². The number of anilines is 3. The lowest BCUT2D eigenvalue weighted by Crippen LogP contribution is -2.55. The molecule has 3 fully saturated rings. The monoisotopic (exact) mass is 896 g/mol. The van der Waals surface area contributed by atoms with E-state index in [0.29, 0.717) is 54.6 Å². The summed E-state index contributed by atoms with van der Waals surface area (Å²) in [7, 11) is 0. The molecule has 2 aromatic heterocycles. The van der Waals surface area contributed by atoms with Gasteiger partial charge in [0, 0.05) is 72.4 Å². The van der Waals surface area contributed by atoms with Crippen LogP contribution in [-0.2, 0) is 9.47 Å². The van der Waals surface area contributed by atoms with Gasteiger partial charge in [0.25, 0.3) is 5.91 Å². The van der Waals surface area contributed by atoms with E-state index < -0.39 is 35.3 Å². The number of benzene rings is 2. The Bertz CT molecular complexity index is 2400. The fraction of sp³-hybridized carbons (Fsp3) is 0.447. The minimum Gasteiger partial charge on any atom is -0.477 e. The molecular formula is C47H54F2N8O6S. The molecule has 4 aliphatic heterocycles. The first-order valence-electron chi connectivity index (χ1n) is 21.8. The van der Waals surface area contributed by atoms with E-state index >= 15 is 4.39 Å². The van der Waals surface area contributed by atoms with Crippen LogP contribution < -0.4 is 20.4 Å². The van der Waals surface area contributed by atoms with Crippen LogP contribution in [0.3, 0.4) is 0 Å². The summed E-state index contributed by atoms with van der Waals surface area (Å²) >= 11 is 1.42. The zero-order valence-electron chi connectivity index (χ0n) is 36.5. The van der Waals surface area contributed by atoms with E-state index in [0.717, 1.165) is 61.6 Å². The van der Waals surface area contributed by atoms with Crippen LogP contribution in [0.25, 0.3) is 5.57 Å².